The number of aromatic nitrogens is 1. The molecule has 1 aromatic heterocycles. The maximum atomic E-state index is 13.1. The summed E-state index contributed by atoms with van der Waals surface area (Å²) >= 11 is 1.39. The van der Waals surface area contributed by atoms with E-state index in [2.05, 4.69) is 24.0 Å². The van der Waals surface area contributed by atoms with Crippen LogP contribution in [0.25, 0.3) is 5.57 Å². The van der Waals surface area contributed by atoms with Crippen molar-refractivity contribution in [2.75, 3.05) is 0 Å². The van der Waals surface area contributed by atoms with Gasteiger partial charge in [-0.15, -0.1) is 0 Å². The van der Waals surface area contributed by atoms with Crippen LogP contribution in [0, 0.1) is 6.92 Å². The zero-order valence-corrected chi connectivity index (χ0v) is 16.9. The summed E-state index contributed by atoms with van der Waals surface area (Å²) in [4.78, 5) is 18.2. The van der Waals surface area contributed by atoms with Crippen LogP contribution in [0.5, 0.6) is 0 Å². The first-order valence-electron chi connectivity index (χ1n) is 9.28. The van der Waals surface area contributed by atoms with Crippen LogP contribution in [-0.2, 0) is 11.2 Å². The van der Waals surface area contributed by atoms with Gasteiger partial charge in [0.05, 0.1) is 10.9 Å². The van der Waals surface area contributed by atoms with Crippen LogP contribution in [0.1, 0.15) is 23.6 Å². The van der Waals surface area contributed by atoms with Crippen LogP contribution in [0.3, 0.4) is 0 Å². The fourth-order valence-electron chi connectivity index (χ4n) is 2.93. The molecule has 1 atom stereocenters. The molecule has 28 heavy (non-hydrogen) atoms. The van der Waals surface area contributed by atoms with E-state index >= 15 is 0 Å². The molecule has 4 heteroatoms. The van der Waals surface area contributed by atoms with Crippen molar-refractivity contribution >= 4 is 23.1 Å². The summed E-state index contributed by atoms with van der Waals surface area (Å²) in [6, 6.07) is 23.4. The third kappa shape index (κ3) is 4.97. The number of thioether (sulfide) groups is 1. The lowest BCUT2D eigenvalue weighted by Crippen LogP contribution is -2.28. The molecule has 0 fully saturated rings. The Kier molecular flexibility index (Phi) is 6.80. The number of pyridine rings is 1. The highest BCUT2D eigenvalue weighted by Crippen LogP contribution is 2.35. The van der Waals surface area contributed by atoms with Gasteiger partial charge in [-0.25, -0.2) is 4.98 Å². The van der Waals surface area contributed by atoms with Crippen molar-refractivity contribution in [3.8, 4) is 0 Å². The standard InChI is InChI=1S/C24H24N2OS/c1-17-10-6-7-13-20(17)16-21(19-11-4-3-5-12-19)24(23(27)18(2)25)28-22-14-8-9-15-26-22/h3-15,18H,16,25H2,1-2H3. The van der Waals surface area contributed by atoms with Crippen molar-refractivity contribution in [3.63, 3.8) is 0 Å². The Labute approximate surface area is 170 Å². The molecule has 1 unspecified atom stereocenters. The predicted molar refractivity (Wildman–Crippen MR) is 117 cm³/mol. The number of hydrogen-bond donors (Lipinski definition) is 1. The van der Waals surface area contributed by atoms with Crippen LogP contribution in [0.15, 0.2) is 88.9 Å². The molecule has 142 valence electrons. The molecule has 0 aliphatic rings. The fourth-order valence-corrected chi connectivity index (χ4v) is 4.00. The number of hydrogen-bond acceptors (Lipinski definition) is 4. The van der Waals surface area contributed by atoms with Crippen LogP contribution < -0.4 is 5.73 Å². The average Bonchev–Trinajstić information content (AvgIpc) is 2.72. The number of benzene rings is 2. The minimum absolute atomic E-state index is 0.0666. The minimum Gasteiger partial charge on any atom is -0.321 e. The molecule has 0 radical (unpaired) electrons. The second kappa shape index (κ2) is 9.49. The maximum absolute atomic E-state index is 13.1. The predicted octanol–water partition coefficient (Wildman–Crippen LogP) is 5.05. The Morgan fingerprint density at radius 1 is 1.00 bits per heavy atom. The van der Waals surface area contributed by atoms with Gasteiger partial charge in [-0.3, -0.25) is 4.79 Å². The van der Waals surface area contributed by atoms with E-state index in [1.54, 1.807) is 13.1 Å². The Balaban J connectivity index is 2.16. The number of nitrogens with zero attached hydrogens (tertiary/aromatic N) is 1. The summed E-state index contributed by atoms with van der Waals surface area (Å²) in [5.74, 6) is -0.0666. The number of Topliss-reactive ketones (excluding diaryl/α,β-unsaturated/α-hetero) is 1. The summed E-state index contributed by atoms with van der Waals surface area (Å²) in [6.07, 6.45) is 2.39. The quantitative estimate of drug-likeness (QED) is 0.454. The van der Waals surface area contributed by atoms with E-state index in [0.717, 1.165) is 16.2 Å². The summed E-state index contributed by atoms with van der Waals surface area (Å²) in [7, 11) is 0. The van der Waals surface area contributed by atoms with Crippen LogP contribution in [0.4, 0.5) is 0 Å². The lowest BCUT2D eigenvalue weighted by Gasteiger charge is -2.17. The van der Waals surface area contributed by atoms with E-state index in [1.165, 1.54) is 22.9 Å². The first-order valence-corrected chi connectivity index (χ1v) is 10.1. The molecular formula is C24H24N2OS. The molecule has 2 N–H and O–H groups in total. The first-order chi connectivity index (χ1) is 13.6. The zero-order valence-electron chi connectivity index (χ0n) is 16.1. The first kappa shape index (κ1) is 20.1. The average molecular weight is 389 g/mol. The lowest BCUT2D eigenvalue weighted by molar-refractivity contribution is -0.115. The smallest absolute Gasteiger partial charge is 0.186 e. The van der Waals surface area contributed by atoms with Crippen molar-refractivity contribution in [1.82, 2.24) is 4.98 Å². The number of rotatable bonds is 7. The molecule has 0 aliphatic carbocycles. The highest BCUT2D eigenvalue weighted by molar-refractivity contribution is 8.04. The molecule has 3 nitrogen and oxygen atoms in total. The van der Waals surface area contributed by atoms with Crippen molar-refractivity contribution in [1.29, 1.82) is 0 Å². The van der Waals surface area contributed by atoms with Gasteiger partial charge in [0.1, 0.15) is 5.03 Å². The van der Waals surface area contributed by atoms with Gasteiger partial charge >= 0.3 is 0 Å². The van der Waals surface area contributed by atoms with E-state index < -0.39 is 6.04 Å². The molecule has 0 bridgehead atoms. The summed E-state index contributed by atoms with van der Waals surface area (Å²) in [6.45, 7) is 3.83. The maximum Gasteiger partial charge on any atom is 0.186 e. The van der Waals surface area contributed by atoms with Gasteiger partial charge < -0.3 is 5.73 Å². The molecule has 0 saturated carbocycles. The van der Waals surface area contributed by atoms with Gasteiger partial charge in [0.25, 0.3) is 0 Å². The van der Waals surface area contributed by atoms with Crippen LogP contribution in [0.2, 0.25) is 0 Å². The number of allylic oxidation sites excluding steroid dienone is 1. The molecule has 3 aromatic rings. The largest absolute Gasteiger partial charge is 0.321 e. The normalized spacial score (nSPS) is 13.0. The molecule has 2 aromatic carbocycles. The highest BCUT2D eigenvalue weighted by atomic mass is 32.2. The number of carbonyl (C=O) groups is 1. The highest BCUT2D eigenvalue weighted by Gasteiger charge is 2.22. The molecule has 0 saturated heterocycles. The van der Waals surface area contributed by atoms with Gasteiger partial charge in [-0.2, -0.15) is 0 Å². The third-order valence-corrected chi connectivity index (χ3v) is 5.61. The molecular weight excluding hydrogens is 364 g/mol. The Hall–Kier alpha value is -2.69. The van der Waals surface area contributed by atoms with Gasteiger partial charge in [-0.1, -0.05) is 72.4 Å². The van der Waals surface area contributed by atoms with E-state index in [-0.39, 0.29) is 5.78 Å². The molecule has 0 spiro atoms. The van der Waals surface area contributed by atoms with Crippen molar-refractivity contribution in [2.45, 2.75) is 31.3 Å². The Morgan fingerprint density at radius 3 is 2.32 bits per heavy atom. The zero-order chi connectivity index (χ0) is 19.9. The number of nitrogens with two attached hydrogens (primary N) is 1. The van der Waals surface area contributed by atoms with Crippen molar-refractivity contribution in [2.24, 2.45) is 5.73 Å². The van der Waals surface area contributed by atoms with Gasteiger partial charge in [-0.05, 0) is 54.7 Å². The lowest BCUT2D eigenvalue weighted by atomic mass is 9.94. The van der Waals surface area contributed by atoms with Gasteiger partial charge in [0.2, 0.25) is 0 Å². The van der Waals surface area contributed by atoms with Crippen LogP contribution >= 0.6 is 11.8 Å². The van der Waals surface area contributed by atoms with Crippen molar-refractivity contribution in [3.05, 3.63) is 101 Å². The molecule has 0 amide bonds. The second-order valence-electron chi connectivity index (χ2n) is 6.70. The summed E-state index contributed by atoms with van der Waals surface area (Å²) < 4.78 is 0. The molecule has 3 rings (SSSR count). The SMILES string of the molecule is Cc1ccccc1CC(=C(Sc1ccccn1)C(=O)C(C)N)c1ccccc1. The van der Waals surface area contributed by atoms with E-state index in [0.29, 0.717) is 11.3 Å². The summed E-state index contributed by atoms with van der Waals surface area (Å²) in [5.41, 5.74) is 10.4. The fraction of sp³-hybridized carbons (Fsp3) is 0.167. The van der Waals surface area contributed by atoms with E-state index in [4.69, 9.17) is 5.73 Å². The minimum atomic E-state index is -0.582. The topological polar surface area (TPSA) is 56.0 Å². The number of ketones is 1. The summed E-state index contributed by atoms with van der Waals surface area (Å²) in [5, 5.41) is 0.782. The van der Waals surface area contributed by atoms with E-state index in [9.17, 15) is 4.79 Å². The second-order valence-corrected chi connectivity index (χ2v) is 7.73. The Bertz CT molecular complexity index is 966. The number of aryl methyl sites for hydroxylation is 1. The molecule has 0 aliphatic heterocycles. The number of carbonyl (C=O) groups excluding carboxylic acids is 1. The monoisotopic (exact) mass is 388 g/mol. The molecule has 1 heterocycles. The van der Waals surface area contributed by atoms with E-state index in [1.807, 2.05) is 60.7 Å². The Morgan fingerprint density at radius 2 is 1.68 bits per heavy atom. The van der Waals surface area contributed by atoms with Gasteiger partial charge in [0, 0.05) is 6.20 Å². The third-order valence-electron chi connectivity index (χ3n) is 4.51. The van der Waals surface area contributed by atoms with Crippen molar-refractivity contribution < 1.29 is 4.79 Å². The van der Waals surface area contributed by atoms with Crippen LogP contribution in [-0.4, -0.2) is 16.8 Å². The van der Waals surface area contributed by atoms with Gasteiger partial charge in [0.15, 0.2) is 5.78 Å².